The maximum atomic E-state index is 12.3. The molecule has 23 heavy (non-hydrogen) atoms. The van der Waals surface area contributed by atoms with Crippen molar-refractivity contribution in [3.05, 3.63) is 54.1 Å². The molecule has 2 unspecified atom stereocenters. The zero-order valence-corrected chi connectivity index (χ0v) is 13.3. The van der Waals surface area contributed by atoms with E-state index in [1.54, 1.807) is 36.4 Å². The zero-order valence-electron chi connectivity index (χ0n) is 12.4. The van der Waals surface area contributed by atoms with Crippen LogP contribution in [-0.2, 0) is 10.1 Å². The molecule has 120 valence electrons. The van der Waals surface area contributed by atoms with E-state index in [-0.39, 0.29) is 11.0 Å². The van der Waals surface area contributed by atoms with Crippen molar-refractivity contribution in [2.75, 3.05) is 13.1 Å². The lowest BCUT2D eigenvalue weighted by atomic mass is 9.90. The third-order valence-corrected chi connectivity index (χ3v) is 5.58. The van der Waals surface area contributed by atoms with Crippen LogP contribution in [0.5, 0.6) is 11.5 Å². The lowest BCUT2D eigenvalue weighted by Gasteiger charge is -2.24. The summed E-state index contributed by atoms with van der Waals surface area (Å²) >= 11 is 0. The number of rotatable bonds is 3. The van der Waals surface area contributed by atoms with Gasteiger partial charge in [-0.05, 0) is 43.3 Å². The van der Waals surface area contributed by atoms with E-state index in [0.717, 1.165) is 30.8 Å². The third kappa shape index (κ3) is 2.68. The van der Waals surface area contributed by atoms with E-state index in [1.807, 2.05) is 0 Å². The van der Waals surface area contributed by atoms with Gasteiger partial charge in [-0.3, -0.25) is 0 Å². The highest BCUT2D eigenvalue weighted by Crippen LogP contribution is 2.43. The lowest BCUT2D eigenvalue weighted by Crippen LogP contribution is -2.39. The van der Waals surface area contributed by atoms with E-state index in [0.29, 0.717) is 11.7 Å². The van der Waals surface area contributed by atoms with E-state index in [9.17, 15) is 8.42 Å². The molecule has 2 heterocycles. The Morgan fingerprint density at radius 2 is 1.96 bits per heavy atom. The number of benzene rings is 2. The van der Waals surface area contributed by atoms with Gasteiger partial charge < -0.3 is 14.2 Å². The van der Waals surface area contributed by atoms with E-state index in [1.165, 1.54) is 12.1 Å². The fraction of sp³-hybridized carbons (Fsp3) is 0.294. The van der Waals surface area contributed by atoms with Crippen molar-refractivity contribution < 1.29 is 17.3 Å². The second-order valence-corrected chi connectivity index (χ2v) is 7.35. The molecule has 5 nitrogen and oxygen atoms in total. The van der Waals surface area contributed by atoms with Gasteiger partial charge in [-0.15, -0.1) is 0 Å². The van der Waals surface area contributed by atoms with Crippen LogP contribution < -0.4 is 14.2 Å². The highest BCUT2D eigenvalue weighted by atomic mass is 32.2. The second kappa shape index (κ2) is 5.54. The molecule has 0 spiro atoms. The average molecular weight is 331 g/mol. The van der Waals surface area contributed by atoms with Crippen LogP contribution in [-0.4, -0.2) is 27.6 Å². The highest BCUT2D eigenvalue weighted by Gasteiger charge is 2.36. The van der Waals surface area contributed by atoms with Gasteiger partial charge in [-0.25, -0.2) is 0 Å². The molecule has 1 N–H and O–H groups in total. The quantitative estimate of drug-likeness (QED) is 0.874. The molecule has 0 bridgehead atoms. The Balaban J connectivity index is 1.62. The summed E-state index contributed by atoms with van der Waals surface area (Å²) < 4.78 is 35.8. The number of hydrogen-bond acceptors (Lipinski definition) is 5. The Labute approximate surface area is 135 Å². The van der Waals surface area contributed by atoms with E-state index in [4.69, 9.17) is 8.92 Å². The summed E-state index contributed by atoms with van der Waals surface area (Å²) in [6.45, 7) is 1.76. The van der Waals surface area contributed by atoms with Crippen molar-refractivity contribution in [3.8, 4) is 11.5 Å². The molecular weight excluding hydrogens is 314 g/mol. The van der Waals surface area contributed by atoms with Crippen molar-refractivity contribution in [2.45, 2.75) is 23.3 Å². The van der Waals surface area contributed by atoms with Crippen LogP contribution >= 0.6 is 0 Å². The summed E-state index contributed by atoms with van der Waals surface area (Å²) in [6, 6.07) is 13.4. The van der Waals surface area contributed by atoms with Crippen LogP contribution in [0.1, 0.15) is 17.9 Å². The number of nitrogens with one attached hydrogen (secondary N) is 1. The van der Waals surface area contributed by atoms with Crippen LogP contribution in [0.2, 0.25) is 0 Å². The zero-order chi connectivity index (χ0) is 15.9. The van der Waals surface area contributed by atoms with Gasteiger partial charge in [-0.1, -0.05) is 18.2 Å². The molecule has 1 fully saturated rings. The second-order valence-electron chi connectivity index (χ2n) is 5.81. The average Bonchev–Trinajstić information content (AvgIpc) is 2.93. The van der Waals surface area contributed by atoms with Crippen LogP contribution in [0.4, 0.5) is 0 Å². The minimum atomic E-state index is -3.81. The first-order valence-corrected chi connectivity index (χ1v) is 9.05. The van der Waals surface area contributed by atoms with Crippen molar-refractivity contribution in [3.63, 3.8) is 0 Å². The van der Waals surface area contributed by atoms with Crippen molar-refractivity contribution >= 4 is 10.1 Å². The third-order valence-electron chi connectivity index (χ3n) is 4.32. The Morgan fingerprint density at radius 3 is 2.78 bits per heavy atom. The van der Waals surface area contributed by atoms with Crippen molar-refractivity contribution in [1.29, 1.82) is 0 Å². The summed E-state index contributed by atoms with van der Waals surface area (Å²) in [7, 11) is -3.81. The Hall–Kier alpha value is -2.05. The molecule has 0 aliphatic carbocycles. The van der Waals surface area contributed by atoms with E-state index in [2.05, 4.69) is 5.32 Å². The van der Waals surface area contributed by atoms with Gasteiger partial charge in [0.1, 0.15) is 22.5 Å². The molecule has 6 heteroatoms. The molecule has 0 aromatic heterocycles. The first-order chi connectivity index (χ1) is 11.1. The molecule has 0 amide bonds. The maximum Gasteiger partial charge on any atom is 0.339 e. The number of fused-ring (bicyclic) bond motifs is 3. The van der Waals surface area contributed by atoms with Gasteiger partial charge >= 0.3 is 10.1 Å². The van der Waals surface area contributed by atoms with Gasteiger partial charge in [-0.2, -0.15) is 8.42 Å². The van der Waals surface area contributed by atoms with Crippen LogP contribution in [0.15, 0.2) is 53.4 Å². The standard InChI is InChI=1S/C17H17NO4S/c19-23(20,13-4-2-1-3-5-13)22-12-6-7-16-15(10-12)14-8-9-18-11-17(14)21-16/h1-7,10,14,17-18H,8-9,11H2. The molecule has 2 aromatic carbocycles. The molecule has 4 rings (SSSR count). The van der Waals surface area contributed by atoms with Gasteiger partial charge in [0.05, 0.1) is 0 Å². The molecule has 2 aliphatic heterocycles. The SMILES string of the molecule is O=S(=O)(Oc1ccc2c(c1)C1CCNCC1O2)c1ccccc1. The number of ether oxygens (including phenoxy) is 1. The van der Waals surface area contributed by atoms with Crippen molar-refractivity contribution in [2.24, 2.45) is 0 Å². The minimum absolute atomic E-state index is 0.125. The summed E-state index contributed by atoms with van der Waals surface area (Å²) in [4.78, 5) is 0.150. The normalized spacial score (nSPS) is 22.8. The predicted octanol–water partition coefficient (Wildman–Crippen LogP) is 2.29. The van der Waals surface area contributed by atoms with Gasteiger partial charge in [0.25, 0.3) is 0 Å². The van der Waals surface area contributed by atoms with Crippen molar-refractivity contribution in [1.82, 2.24) is 5.32 Å². The summed E-state index contributed by atoms with van der Waals surface area (Å²) in [5, 5.41) is 3.31. The Kier molecular flexibility index (Phi) is 3.50. The Bertz CT molecular complexity index is 820. The van der Waals surface area contributed by atoms with Crippen LogP contribution in [0, 0.1) is 0 Å². The first-order valence-electron chi connectivity index (χ1n) is 7.64. The molecule has 0 radical (unpaired) electrons. The molecule has 2 atom stereocenters. The minimum Gasteiger partial charge on any atom is -0.488 e. The van der Waals surface area contributed by atoms with Crippen LogP contribution in [0.25, 0.3) is 0 Å². The van der Waals surface area contributed by atoms with Crippen LogP contribution in [0.3, 0.4) is 0 Å². The molecule has 0 saturated carbocycles. The number of hydrogen-bond donors (Lipinski definition) is 1. The highest BCUT2D eigenvalue weighted by molar-refractivity contribution is 7.87. The fourth-order valence-corrected chi connectivity index (χ4v) is 4.15. The lowest BCUT2D eigenvalue weighted by molar-refractivity contribution is 0.177. The molecule has 2 aromatic rings. The first kappa shape index (κ1) is 14.5. The predicted molar refractivity (Wildman–Crippen MR) is 85.3 cm³/mol. The summed E-state index contributed by atoms with van der Waals surface area (Å²) in [6.07, 6.45) is 1.10. The van der Waals surface area contributed by atoms with Gasteiger partial charge in [0, 0.05) is 18.0 Å². The summed E-state index contributed by atoms with van der Waals surface area (Å²) in [5.41, 5.74) is 1.04. The molecule has 1 saturated heterocycles. The monoisotopic (exact) mass is 331 g/mol. The molecule has 2 aliphatic rings. The maximum absolute atomic E-state index is 12.3. The number of piperidine rings is 1. The molecular formula is C17H17NO4S. The van der Waals surface area contributed by atoms with E-state index >= 15 is 0 Å². The fourth-order valence-electron chi connectivity index (χ4n) is 3.21. The summed E-state index contributed by atoms with van der Waals surface area (Å²) in [5.74, 6) is 1.46. The topological polar surface area (TPSA) is 64.6 Å². The van der Waals surface area contributed by atoms with Gasteiger partial charge in [0.2, 0.25) is 0 Å². The van der Waals surface area contributed by atoms with E-state index < -0.39 is 10.1 Å². The van der Waals surface area contributed by atoms with Gasteiger partial charge in [0.15, 0.2) is 0 Å². The Morgan fingerprint density at radius 1 is 1.13 bits per heavy atom. The smallest absolute Gasteiger partial charge is 0.339 e. The largest absolute Gasteiger partial charge is 0.488 e.